The second kappa shape index (κ2) is 8.10. The van der Waals surface area contributed by atoms with Crippen LogP contribution in [-0.4, -0.2) is 26.8 Å². The lowest BCUT2D eigenvalue weighted by molar-refractivity contribution is -0.132. The van der Waals surface area contributed by atoms with Crippen molar-refractivity contribution < 1.29 is 14.7 Å². The maximum Gasteiger partial charge on any atom is 0.352 e. The van der Waals surface area contributed by atoms with E-state index in [4.69, 9.17) is 0 Å². The second-order valence-electron chi connectivity index (χ2n) is 7.90. The highest BCUT2D eigenvalue weighted by Gasteiger charge is 2.29. The normalized spacial score (nSPS) is 15.1. The molecule has 31 heavy (non-hydrogen) atoms. The van der Waals surface area contributed by atoms with Crippen molar-refractivity contribution in [2.75, 3.05) is 10.6 Å². The van der Waals surface area contributed by atoms with Crippen LogP contribution in [0.2, 0.25) is 0 Å². The van der Waals surface area contributed by atoms with Gasteiger partial charge in [0.2, 0.25) is 0 Å². The van der Waals surface area contributed by atoms with Gasteiger partial charge in [-0.1, -0.05) is 56.3 Å². The molecule has 0 spiro atoms. The van der Waals surface area contributed by atoms with Crippen molar-refractivity contribution in [3.8, 4) is 0 Å². The molecule has 0 radical (unpaired) electrons. The van der Waals surface area contributed by atoms with Crippen LogP contribution in [0.25, 0.3) is 0 Å². The fraction of sp³-hybridized carbons (Fsp3) is 0.208. The molecular formula is C24H24N4O3. The number of nitrogens with zero attached hydrogens (tertiary/aromatic N) is 2. The molecule has 0 saturated heterocycles. The number of benzene rings is 2. The van der Waals surface area contributed by atoms with E-state index < -0.39 is 12.0 Å². The van der Waals surface area contributed by atoms with Crippen LogP contribution >= 0.6 is 0 Å². The average Bonchev–Trinajstić information content (AvgIpc) is 3.19. The van der Waals surface area contributed by atoms with Crippen LogP contribution in [0.3, 0.4) is 0 Å². The molecule has 0 saturated carbocycles. The molecule has 0 bridgehead atoms. The van der Waals surface area contributed by atoms with Gasteiger partial charge in [-0.3, -0.25) is 4.79 Å². The number of carboxylic acid groups (broad SMARTS) is 1. The van der Waals surface area contributed by atoms with Gasteiger partial charge in [-0.25, -0.2) is 9.48 Å². The quantitative estimate of drug-likeness (QED) is 0.567. The Labute approximate surface area is 180 Å². The van der Waals surface area contributed by atoms with Crippen LogP contribution < -0.4 is 10.6 Å². The van der Waals surface area contributed by atoms with Crippen molar-refractivity contribution in [3.63, 3.8) is 0 Å². The summed E-state index contributed by atoms with van der Waals surface area (Å²) in [7, 11) is 0. The maximum atomic E-state index is 13.0. The number of carbonyl (C=O) groups is 2. The van der Waals surface area contributed by atoms with Crippen LogP contribution in [-0.2, 0) is 4.79 Å². The molecular weight excluding hydrogens is 392 g/mol. The number of allylic oxidation sites excluding steroid dienone is 1. The zero-order valence-corrected chi connectivity index (χ0v) is 17.6. The largest absolute Gasteiger partial charge is 0.477 e. The molecule has 1 aliphatic heterocycles. The summed E-state index contributed by atoms with van der Waals surface area (Å²) in [4.78, 5) is 24.7. The van der Waals surface area contributed by atoms with E-state index in [2.05, 4.69) is 29.6 Å². The number of hydrogen-bond donors (Lipinski definition) is 3. The minimum atomic E-state index is -1.10. The predicted molar refractivity (Wildman–Crippen MR) is 119 cm³/mol. The molecule has 158 valence electrons. The molecule has 0 fully saturated rings. The van der Waals surface area contributed by atoms with Gasteiger partial charge in [0.05, 0.1) is 12.2 Å². The van der Waals surface area contributed by atoms with Crippen LogP contribution in [0.15, 0.2) is 66.5 Å². The number of para-hydroxylation sites is 1. The number of hydrogen-bond acceptors (Lipinski definition) is 4. The van der Waals surface area contributed by atoms with Gasteiger partial charge >= 0.3 is 5.97 Å². The lowest BCUT2D eigenvalue weighted by atomic mass is 9.98. The van der Waals surface area contributed by atoms with Gasteiger partial charge < -0.3 is 15.7 Å². The van der Waals surface area contributed by atoms with E-state index >= 15 is 0 Å². The monoisotopic (exact) mass is 416 g/mol. The van der Waals surface area contributed by atoms with Crippen LogP contribution in [0.5, 0.6) is 0 Å². The molecule has 4 rings (SSSR count). The van der Waals surface area contributed by atoms with Gasteiger partial charge in [0.25, 0.3) is 5.91 Å². The predicted octanol–water partition coefficient (Wildman–Crippen LogP) is 4.55. The summed E-state index contributed by atoms with van der Waals surface area (Å²) in [5.74, 6) is -0.710. The van der Waals surface area contributed by atoms with Crippen molar-refractivity contribution in [3.05, 3.63) is 88.8 Å². The Morgan fingerprint density at radius 3 is 2.48 bits per heavy atom. The molecule has 7 nitrogen and oxygen atoms in total. The average molecular weight is 416 g/mol. The smallest absolute Gasteiger partial charge is 0.352 e. The fourth-order valence-corrected chi connectivity index (χ4v) is 3.60. The number of fused-ring (bicyclic) bond motifs is 1. The van der Waals surface area contributed by atoms with Crippen molar-refractivity contribution in [2.24, 2.45) is 0 Å². The van der Waals surface area contributed by atoms with Crippen LogP contribution in [0.4, 0.5) is 11.5 Å². The summed E-state index contributed by atoms with van der Waals surface area (Å²) in [6, 6.07) is 15.0. The van der Waals surface area contributed by atoms with Crippen LogP contribution in [0.1, 0.15) is 52.9 Å². The Hall–Kier alpha value is -3.87. The van der Waals surface area contributed by atoms with Gasteiger partial charge in [-0.15, -0.1) is 0 Å². The van der Waals surface area contributed by atoms with E-state index in [0.717, 1.165) is 11.1 Å². The molecule has 0 unspecified atom stereocenters. The Bertz CT molecular complexity index is 1180. The highest BCUT2D eigenvalue weighted by molar-refractivity contribution is 6.08. The van der Waals surface area contributed by atoms with E-state index in [-0.39, 0.29) is 17.2 Å². The van der Waals surface area contributed by atoms with E-state index in [9.17, 15) is 14.7 Å². The third-order valence-corrected chi connectivity index (χ3v) is 5.45. The first kappa shape index (κ1) is 20.4. The van der Waals surface area contributed by atoms with Gasteiger partial charge in [0.1, 0.15) is 17.1 Å². The number of carboxylic acids is 1. The number of aromatic nitrogens is 2. The van der Waals surface area contributed by atoms with Gasteiger partial charge in [0, 0.05) is 5.69 Å². The summed E-state index contributed by atoms with van der Waals surface area (Å²) in [5, 5.41) is 19.8. The minimum Gasteiger partial charge on any atom is -0.477 e. The summed E-state index contributed by atoms with van der Waals surface area (Å²) in [5.41, 5.74) is 3.99. The highest BCUT2D eigenvalue weighted by atomic mass is 16.4. The minimum absolute atomic E-state index is 0.0101. The van der Waals surface area contributed by atoms with Crippen molar-refractivity contribution in [2.45, 2.75) is 32.7 Å². The van der Waals surface area contributed by atoms with Crippen molar-refractivity contribution in [1.29, 1.82) is 0 Å². The standard InChI is InChI=1S/C24H24N4O3/c1-14(2)16-8-10-17(11-9-16)21-12-20(24(30)31)26-22-18(13-25-28(21)22)23(29)27-19-7-5-4-6-15(19)3/h4-14,21,26H,1-3H3,(H,27,29)(H,30,31)/t21-/m1/s1. The number of amides is 1. The molecule has 7 heteroatoms. The van der Waals surface area contributed by atoms with E-state index in [1.807, 2.05) is 55.5 Å². The first-order chi connectivity index (χ1) is 14.8. The Morgan fingerprint density at radius 2 is 1.84 bits per heavy atom. The molecule has 2 aromatic carbocycles. The number of anilines is 2. The summed E-state index contributed by atoms with van der Waals surface area (Å²) >= 11 is 0. The van der Waals surface area contributed by atoms with E-state index in [0.29, 0.717) is 17.4 Å². The number of aliphatic carboxylic acids is 1. The zero-order valence-electron chi connectivity index (χ0n) is 17.6. The fourth-order valence-electron chi connectivity index (χ4n) is 3.60. The lowest BCUT2D eigenvalue weighted by Crippen LogP contribution is -2.25. The molecule has 1 aromatic heterocycles. The summed E-state index contributed by atoms with van der Waals surface area (Å²) in [6.45, 7) is 6.14. The second-order valence-corrected chi connectivity index (χ2v) is 7.90. The Balaban J connectivity index is 1.71. The number of nitrogens with one attached hydrogen (secondary N) is 2. The summed E-state index contributed by atoms with van der Waals surface area (Å²) in [6.07, 6.45) is 3.07. The van der Waals surface area contributed by atoms with Gasteiger partial charge in [-0.05, 0) is 41.7 Å². The molecule has 1 amide bonds. The third-order valence-electron chi connectivity index (χ3n) is 5.45. The first-order valence-electron chi connectivity index (χ1n) is 10.1. The van der Waals surface area contributed by atoms with E-state index in [1.165, 1.54) is 11.8 Å². The SMILES string of the molecule is Cc1ccccc1NC(=O)c1cnn2c1NC(C(=O)O)=C[C@@H]2c1ccc(C(C)C)cc1. The number of carbonyl (C=O) groups excluding carboxylic acids is 1. The maximum absolute atomic E-state index is 13.0. The molecule has 3 N–H and O–H groups in total. The summed E-state index contributed by atoms with van der Waals surface area (Å²) < 4.78 is 1.64. The highest BCUT2D eigenvalue weighted by Crippen LogP contribution is 2.33. The molecule has 2 heterocycles. The Kier molecular flexibility index (Phi) is 5.33. The first-order valence-corrected chi connectivity index (χ1v) is 10.1. The lowest BCUT2D eigenvalue weighted by Gasteiger charge is -2.25. The molecule has 1 aliphatic rings. The molecule has 0 aliphatic carbocycles. The third kappa shape index (κ3) is 3.94. The van der Waals surface area contributed by atoms with Crippen molar-refractivity contribution >= 4 is 23.4 Å². The van der Waals surface area contributed by atoms with Crippen molar-refractivity contribution in [1.82, 2.24) is 9.78 Å². The van der Waals surface area contributed by atoms with E-state index in [1.54, 1.807) is 10.8 Å². The van der Waals surface area contributed by atoms with Crippen LogP contribution in [0, 0.1) is 6.92 Å². The molecule has 3 aromatic rings. The Morgan fingerprint density at radius 1 is 1.13 bits per heavy atom. The topological polar surface area (TPSA) is 96.3 Å². The number of aryl methyl sites for hydroxylation is 1. The van der Waals surface area contributed by atoms with Gasteiger partial charge in [-0.2, -0.15) is 5.10 Å². The molecule has 1 atom stereocenters. The van der Waals surface area contributed by atoms with Gasteiger partial charge in [0.15, 0.2) is 0 Å². The number of rotatable bonds is 5. The zero-order chi connectivity index (χ0) is 22.1.